The van der Waals surface area contributed by atoms with Gasteiger partial charge < -0.3 is 20.5 Å². The van der Waals surface area contributed by atoms with Crippen LogP contribution >= 0.6 is 0 Å². The van der Waals surface area contributed by atoms with E-state index in [1.807, 2.05) is 36.4 Å². The maximum atomic E-state index is 12.6. The summed E-state index contributed by atoms with van der Waals surface area (Å²) in [5, 5.41) is 5.34. The highest BCUT2D eigenvalue weighted by molar-refractivity contribution is 6.05. The van der Waals surface area contributed by atoms with Gasteiger partial charge in [0.2, 0.25) is 5.88 Å². The van der Waals surface area contributed by atoms with Crippen molar-refractivity contribution in [1.29, 1.82) is 0 Å². The molecule has 0 saturated carbocycles. The minimum absolute atomic E-state index is 0.111. The highest BCUT2D eigenvalue weighted by Gasteiger charge is 2.15. The van der Waals surface area contributed by atoms with E-state index in [2.05, 4.69) is 15.6 Å². The Morgan fingerprint density at radius 3 is 2.50 bits per heavy atom. The number of benzene rings is 2. The summed E-state index contributed by atoms with van der Waals surface area (Å²) in [5.74, 6) is -0.228. The highest BCUT2D eigenvalue weighted by atomic mass is 16.5. The molecule has 0 spiro atoms. The second-order valence-electron chi connectivity index (χ2n) is 6.33. The standard InChI is InChI=1S/C22H22N4O4/c1-29-21-19(26-22(28)30-14-15-6-3-2-4-7-15)11-17(13-24-21)20(27)25-18-9-5-8-16(10-18)12-23/h2-11,13H,12,14,23H2,1H3,(H,25,27)(H,26,28). The SMILES string of the molecule is COc1ncc(C(=O)Nc2cccc(CN)c2)cc1NC(=O)OCc1ccccc1. The fourth-order valence-corrected chi connectivity index (χ4v) is 2.68. The first-order chi connectivity index (χ1) is 14.6. The lowest BCUT2D eigenvalue weighted by Gasteiger charge is -2.12. The number of nitrogens with zero attached hydrogens (tertiary/aromatic N) is 1. The van der Waals surface area contributed by atoms with E-state index in [1.165, 1.54) is 19.4 Å². The number of nitrogens with one attached hydrogen (secondary N) is 2. The van der Waals surface area contributed by atoms with Crippen LogP contribution in [-0.4, -0.2) is 24.1 Å². The Morgan fingerprint density at radius 1 is 1.00 bits per heavy atom. The van der Waals surface area contributed by atoms with E-state index in [0.717, 1.165) is 11.1 Å². The van der Waals surface area contributed by atoms with E-state index in [9.17, 15) is 9.59 Å². The van der Waals surface area contributed by atoms with Gasteiger partial charge in [0.05, 0.1) is 12.7 Å². The van der Waals surface area contributed by atoms with Crippen LogP contribution < -0.4 is 21.1 Å². The molecular weight excluding hydrogens is 384 g/mol. The van der Waals surface area contributed by atoms with Crippen LogP contribution in [0.5, 0.6) is 5.88 Å². The summed E-state index contributed by atoms with van der Waals surface area (Å²) in [4.78, 5) is 28.9. The summed E-state index contributed by atoms with van der Waals surface area (Å²) in [6.07, 6.45) is 0.675. The second kappa shape index (κ2) is 10.0. The molecule has 0 unspecified atom stereocenters. The summed E-state index contributed by atoms with van der Waals surface area (Å²) in [7, 11) is 1.42. The number of hydrogen-bond donors (Lipinski definition) is 3. The van der Waals surface area contributed by atoms with Gasteiger partial charge in [-0.1, -0.05) is 42.5 Å². The van der Waals surface area contributed by atoms with E-state index >= 15 is 0 Å². The van der Waals surface area contributed by atoms with Crippen molar-refractivity contribution in [2.24, 2.45) is 5.73 Å². The number of carbonyl (C=O) groups is 2. The number of ether oxygens (including phenoxy) is 2. The molecule has 30 heavy (non-hydrogen) atoms. The van der Waals surface area contributed by atoms with Gasteiger partial charge in [-0.15, -0.1) is 0 Å². The maximum absolute atomic E-state index is 12.6. The van der Waals surface area contributed by atoms with Crippen molar-refractivity contribution in [1.82, 2.24) is 4.98 Å². The van der Waals surface area contributed by atoms with Crippen LogP contribution in [0.2, 0.25) is 0 Å². The Kier molecular flexibility index (Phi) is 6.96. The van der Waals surface area contributed by atoms with Gasteiger partial charge in [0.15, 0.2) is 0 Å². The third-order valence-corrected chi connectivity index (χ3v) is 4.18. The molecule has 1 heterocycles. The topological polar surface area (TPSA) is 116 Å². The first-order valence-electron chi connectivity index (χ1n) is 9.21. The molecule has 0 saturated heterocycles. The van der Waals surface area contributed by atoms with Crippen LogP contribution in [0, 0.1) is 0 Å². The van der Waals surface area contributed by atoms with Crippen molar-refractivity contribution in [3.05, 3.63) is 83.6 Å². The van der Waals surface area contributed by atoms with Gasteiger partial charge in [-0.05, 0) is 29.3 Å². The lowest BCUT2D eigenvalue weighted by Crippen LogP contribution is -2.17. The number of carbonyl (C=O) groups excluding carboxylic acids is 2. The lowest BCUT2D eigenvalue weighted by atomic mass is 10.2. The van der Waals surface area contributed by atoms with E-state index in [-0.39, 0.29) is 29.6 Å². The minimum Gasteiger partial charge on any atom is -0.480 e. The average molecular weight is 406 g/mol. The summed E-state index contributed by atoms with van der Waals surface area (Å²) in [6.45, 7) is 0.479. The van der Waals surface area contributed by atoms with E-state index in [1.54, 1.807) is 18.2 Å². The fourth-order valence-electron chi connectivity index (χ4n) is 2.68. The molecule has 8 heteroatoms. The van der Waals surface area contributed by atoms with Crippen LogP contribution in [0.4, 0.5) is 16.2 Å². The summed E-state index contributed by atoms with van der Waals surface area (Å²) >= 11 is 0. The Morgan fingerprint density at radius 2 is 1.77 bits per heavy atom. The number of pyridine rings is 1. The molecule has 8 nitrogen and oxygen atoms in total. The molecule has 0 fully saturated rings. The molecule has 4 N–H and O–H groups in total. The Hall–Kier alpha value is -3.91. The van der Waals surface area contributed by atoms with Crippen molar-refractivity contribution in [2.45, 2.75) is 13.2 Å². The number of rotatable bonds is 7. The molecule has 3 aromatic rings. The van der Waals surface area contributed by atoms with E-state index in [4.69, 9.17) is 15.2 Å². The first kappa shape index (κ1) is 20.8. The Labute approximate surface area is 174 Å². The Bertz CT molecular complexity index is 1020. The number of methoxy groups -OCH3 is 1. The highest BCUT2D eigenvalue weighted by Crippen LogP contribution is 2.23. The third kappa shape index (κ3) is 5.55. The number of aromatic nitrogens is 1. The molecule has 2 aromatic carbocycles. The van der Waals surface area contributed by atoms with Crippen molar-refractivity contribution < 1.29 is 19.1 Å². The fraction of sp³-hybridized carbons (Fsp3) is 0.136. The van der Waals surface area contributed by atoms with Crippen LogP contribution in [0.25, 0.3) is 0 Å². The number of anilines is 2. The van der Waals surface area contributed by atoms with Gasteiger partial charge in [-0.25, -0.2) is 9.78 Å². The smallest absolute Gasteiger partial charge is 0.412 e. The number of amides is 2. The maximum Gasteiger partial charge on any atom is 0.412 e. The first-order valence-corrected chi connectivity index (χ1v) is 9.21. The Balaban J connectivity index is 1.69. The summed E-state index contributed by atoms with van der Waals surface area (Å²) in [6, 6.07) is 18.0. The van der Waals surface area contributed by atoms with Gasteiger partial charge in [0, 0.05) is 18.4 Å². The molecular formula is C22H22N4O4. The molecule has 0 aliphatic heterocycles. The van der Waals surface area contributed by atoms with Crippen molar-refractivity contribution in [3.63, 3.8) is 0 Å². The zero-order valence-corrected chi connectivity index (χ0v) is 16.4. The average Bonchev–Trinajstić information content (AvgIpc) is 2.78. The van der Waals surface area contributed by atoms with Crippen LogP contribution in [-0.2, 0) is 17.9 Å². The predicted molar refractivity (Wildman–Crippen MR) is 113 cm³/mol. The number of hydrogen-bond acceptors (Lipinski definition) is 6. The lowest BCUT2D eigenvalue weighted by molar-refractivity contribution is 0.102. The van der Waals surface area contributed by atoms with Gasteiger partial charge in [-0.2, -0.15) is 0 Å². The van der Waals surface area contributed by atoms with Crippen molar-refractivity contribution >= 4 is 23.4 Å². The molecule has 1 aromatic heterocycles. The minimum atomic E-state index is -0.688. The van der Waals surface area contributed by atoms with Crippen molar-refractivity contribution in [2.75, 3.05) is 17.7 Å². The molecule has 0 aliphatic carbocycles. The van der Waals surface area contributed by atoms with Gasteiger partial charge in [0.25, 0.3) is 5.91 Å². The molecule has 154 valence electrons. The summed E-state index contributed by atoms with van der Waals surface area (Å²) < 4.78 is 10.4. The molecule has 2 amide bonds. The monoisotopic (exact) mass is 406 g/mol. The predicted octanol–water partition coefficient (Wildman–Crippen LogP) is 3.55. The van der Waals surface area contributed by atoms with Crippen LogP contribution in [0.1, 0.15) is 21.5 Å². The quantitative estimate of drug-likeness (QED) is 0.553. The molecule has 0 radical (unpaired) electrons. The molecule has 3 rings (SSSR count). The van der Waals surface area contributed by atoms with Gasteiger partial charge in [0.1, 0.15) is 12.3 Å². The zero-order chi connectivity index (χ0) is 21.3. The van der Waals surface area contributed by atoms with Crippen LogP contribution in [0.15, 0.2) is 66.9 Å². The number of nitrogens with two attached hydrogens (primary N) is 1. The largest absolute Gasteiger partial charge is 0.480 e. The normalized spacial score (nSPS) is 10.2. The van der Waals surface area contributed by atoms with E-state index in [0.29, 0.717) is 12.2 Å². The third-order valence-electron chi connectivity index (χ3n) is 4.18. The van der Waals surface area contributed by atoms with E-state index < -0.39 is 6.09 Å². The molecule has 0 bridgehead atoms. The van der Waals surface area contributed by atoms with Gasteiger partial charge >= 0.3 is 6.09 Å². The second-order valence-corrected chi connectivity index (χ2v) is 6.33. The zero-order valence-electron chi connectivity index (χ0n) is 16.4. The van der Waals surface area contributed by atoms with Crippen LogP contribution in [0.3, 0.4) is 0 Å². The van der Waals surface area contributed by atoms with Gasteiger partial charge in [-0.3, -0.25) is 10.1 Å². The van der Waals surface area contributed by atoms with Crippen molar-refractivity contribution in [3.8, 4) is 5.88 Å². The molecule has 0 aliphatic rings. The molecule has 0 atom stereocenters. The summed E-state index contributed by atoms with van der Waals surface area (Å²) in [5.41, 5.74) is 8.45.